The van der Waals surface area contributed by atoms with E-state index in [0.29, 0.717) is 12.5 Å². The van der Waals surface area contributed by atoms with E-state index < -0.39 is 0 Å². The maximum Gasteiger partial charge on any atom is 0.154 e. The van der Waals surface area contributed by atoms with Gasteiger partial charge in [0.2, 0.25) is 0 Å². The van der Waals surface area contributed by atoms with E-state index in [1.54, 1.807) is 6.26 Å². The highest BCUT2D eigenvalue weighted by Crippen LogP contribution is 2.42. The second-order valence-corrected chi connectivity index (χ2v) is 8.74. The van der Waals surface area contributed by atoms with E-state index in [-0.39, 0.29) is 0 Å². The maximum absolute atomic E-state index is 5.64. The van der Waals surface area contributed by atoms with Crippen LogP contribution in [0.25, 0.3) is 17.1 Å². The molecule has 2 aliphatic rings. The number of hydrogen-bond donors (Lipinski definition) is 0. The number of nitrogens with zero attached hydrogens (tertiary/aromatic N) is 3. The molecule has 0 radical (unpaired) electrons. The Morgan fingerprint density at radius 1 is 1.00 bits per heavy atom. The van der Waals surface area contributed by atoms with Gasteiger partial charge in [-0.05, 0) is 77.2 Å². The van der Waals surface area contributed by atoms with Crippen molar-refractivity contribution >= 4 is 28.3 Å². The van der Waals surface area contributed by atoms with Crippen LogP contribution >= 0.6 is 22.6 Å². The molecule has 5 heteroatoms. The molecule has 6 rings (SSSR count). The lowest BCUT2D eigenvalue weighted by molar-refractivity contribution is 0.579. The summed E-state index contributed by atoms with van der Waals surface area (Å²) < 4.78 is 9.02. The fourth-order valence-electron chi connectivity index (χ4n) is 4.10. The van der Waals surface area contributed by atoms with Crippen LogP contribution in [0.4, 0.5) is 0 Å². The van der Waals surface area contributed by atoms with E-state index in [1.807, 2.05) is 18.5 Å². The lowest BCUT2D eigenvalue weighted by Crippen LogP contribution is -2.09. The van der Waals surface area contributed by atoms with Crippen LogP contribution in [0.5, 0.6) is 0 Å². The van der Waals surface area contributed by atoms with Crippen LogP contribution in [0.1, 0.15) is 41.1 Å². The Balaban J connectivity index is 1.60. The number of furan rings is 1. The molecule has 0 N–H and O–H groups in total. The molecular weight excluding hydrogens is 473 g/mol. The molecule has 29 heavy (non-hydrogen) atoms. The predicted octanol–water partition coefficient (Wildman–Crippen LogP) is 5.97. The van der Waals surface area contributed by atoms with Crippen molar-refractivity contribution in [1.29, 1.82) is 0 Å². The molecule has 3 heterocycles. The number of rotatable bonds is 3. The second kappa shape index (κ2) is 6.69. The average molecular weight is 491 g/mol. The Kier molecular flexibility index (Phi) is 3.97. The van der Waals surface area contributed by atoms with Gasteiger partial charge in [0, 0.05) is 14.7 Å². The summed E-state index contributed by atoms with van der Waals surface area (Å²) in [6.45, 7) is 0.559. The highest BCUT2D eigenvalue weighted by atomic mass is 127. The molecule has 0 amide bonds. The van der Waals surface area contributed by atoms with Crippen molar-refractivity contribution in [3.63, 3.8) is 0 Å². The van der Waals surface area contributed by atoms with Gasteiger partial charge in [-0.15, -0.1) is 0 Å². The highest BCUT2D eigenvalue weighted by Gasteiger charge is 2.28. The Morgan fingerprint density at radius 3 is 2.69 bits per heavy atom. The summed E-state index contributed by atoms with van der Waals surface area (Å²) in [5.41, 5.74) is 7.88. The average Bonchev–Trinajstić information content (AvgIpc) is 3.33. The van der Waals surface area contributed by atoms with Crippen molar-refractivity contribution < 1.29 is 4.42 Å². The number of imidazole rings is 1. The van der Waals surface area contributed by atoms with Crippen molar-refractivity contribution in [3.05, 3.63) is 93.1 Å². The van der Waals surface area contributed by atoms with Crippen molar-refractivity contribution in [2.24, 2.45) is 4.99 Å². The highest BCUT2D eigenvalue weighted by molar-refractivity contribution is 14.1. The fourth-order valence-corrected chi connectivity index (χ4v) is 4.74. The van der Waals surface area contributed by atoms with E-state index in [2.05, 4.69) is 74.6 Å². The van der Waals surface area contributed by atoms with Gasteiger partial charge in [-0.1, -0.05) is 24.3 Å². The molecule has 0 atom stereocenters. The molecule has 0 bridgehead atoms. The summed E-state index contributed by atoms with van der Waals surface area (Å²) in [6.07, 6.45) is 6.16. The molecule has 1 aliphatic heterocycles. The molecule has 1 fully saturated rings. The first-order chi connectivity index (χ1) is 14.3. The summed E-state index contributed by atoms with van der Waals surface area (Å²) in [6, 6.07) is 19.2. The molecule has 4 nitrogen and oxygen atoms in total. The Morgan fingerprint density at radius 2 is 1.90 bits per heavy atom. The van der Waals surface area contributed by atoms with E-state index >= 15 is 0 Å². The van der Waals surface area contributed by atoms with E-state index in [0.717, 1.165) is 28.5 Å². The summed E-state index contributed by atoms with van der Waals surface area (Å²) in [5, 5.41) is 0. The molecular formula is C24H18IN3O. The van der Waals surface area contributed by atoms with E-state index in [4.69, 9.17) is 9.41 Å². The number of aliphatic imine (C=N–C) groups is 1. The first kappa shape index (κ1) is 17.2. The van der Waals surface area contributed by atoms with Gasteiger partial charge >= 0.3 is 0 Å². The van der Waals surface area contributed by atoms with Gasteiger partial charge < -0.3 is 4.42 Å². The van der Waals surface area contributed by atoms with Gasteiger partial charge in [0.25, 0.3) is 0 Å². The van der Waals surface area contributed by atoms with Crippen molar-refractivity contribution in [1.82, 2.24) is 9.55 Å². The molecule has 0 unspecified atom stereocenters. The van der Waals surface area contributed by atoms with E-state index in [1.165, 1.54) is 33.1 Å². The van der Waals surface area contributed by atoms with Crippen LogP contribution in [0.3, 0.4) is 0 Å². The number of benzene rings is 2. The van der Waals surface area contributed by atoms with Crippen LogP contribution in [-0.2, 0) is 6.54 Å². The Bertz CT molecular complexity index is 1250. The SMILES string of the molecule is Ic1ccccc1C1=NCc2c(-c3ccco3)ncn2-c2ccc(C3CC3)cc21. The zero-order valence-electron chi connectivity index (χ0n) is 15.7. The lowest BCUT2D eigenvalue weighted by Gasteiger charge is -2.14. The van der Waals surface area contributed by atoms with E-state index in [9.17, 15) is 0 Å². The third-order valence-electron chi connectivity index (χ3n) is 5.72. The molecule has 142 valence electrons. The third-order valence-corrected chi connectivity index (χ3v) is 6.66. The molecule has 2 aromatic carbocycles. The van der Waals surface area contributed by atoms with Gasteiger partial charge in [0.15, 0.2) is 5.76 Å². The molecule has 0 saturated heterocycles. The largest absolute Gasteiger partial charge is 0.463 e. The quantitative estimate of drug-likeness (QED) is 0.332. The minimum absolute atomic E-state index is 0.559. The van der Waals surface area contributed by atoms with Crippen molar-refractivity contribution in [2.45, 2.75) is 25.3 Å². The summed E-state index contributed by atoms with van der Waals surface area (Å²) in [5.74, 6) is 1.48. The predicted molar refractivity (Wildman–Crippen MR) is 122 cm³/mol. The molecule has 4 aromatic rings. The maximum atomic E-state index is 5.64. The van der Waals surface area contributed by atoms with Crippen molar-refractivity contribution in [2.75, 3.05) is 0 Å². The third kappa shape index (κ3) is 2.87. The molecule has 2 aromatic heterocycles. The standard InChI is InChI=1S/C24H18IN3O/c25-19-5-2-1-4-17(19)23-18-12-16(15-7-8-15)9-10-20(18)28-14-27-24(21(28)13-26-23)22-6-3-11-29-22/h1-6,9-12,14-15H,7-8,13H2. The zero-order chi connectivity index (χ0) is 19.4. The Labute approximate surface area is 182 Å². The first-order valence-corrected chi connectivity index (χ1v) is 10.9. The molecule has 0 spiro atoms. The smallest absolute Gasteiger partial charge is 0.154 e. The number of hydrogen-bond acceptors (Lipinski definition) is 3. The van der Waals surface area contributed by atoms with Gasteiger partial charge in [0.1, 0.15) is 12.0 Å². The molecule has 1 aliphatic carbocycles. The number of halogens is 1. The summed E-state index contributed by atoms with van der Waals surface area (Å²) in [7, 11) is 0. The zero-order valence-corrected chi connectivity index (χ0v) is 17.8. The van der Waals surface area contributed by atoms with Crippen LogP contribution in [-0.4, -0.2) is 15.3 Å². The summed E-state index contributed by atoms with van der Waals surface area (Å²) >= 11 is 2.41. The minimum Gasteiger partial charge on any atom is -0.463 e. The topological polar surface area (TPSA) is 43.3 Å². The fraction of sp³-hybridized carbons (Fsp3) is 0.167. The first-order valence-electron chi connectivity index (χ1n) is 9.84. The van der Waals surface area contributed by atoms with Crippen LogP contribution in [0.15, 0.2) is 76.6 Å². The summed E-state index contributed by atoms with van der Waals surface area (Å²) in [4.78, 5) is 9.77. The number of fused-ring (bicyclic) bond motifs is 3. The Hall–Kier alpha value is -2.67. The van der Waals surface area contributed by atoms with Crippen LogP contribution < -0.4 is 0 Å². The monoisotopic (exact) mass is 491 g/mol. The second-order valence-electron chi connectivity index (χ2n) is 7.58. The van der Waals surface area contributed by atoms with Gasteiger partial charge in [-0.2, -0.15) is 0 Å². The van der Waals surface area contributed by atoms with Gasteiger partial charge in [0.05, 0.1) is 29.9 Å². The van der Waals surface area contributed by atoms with Gasteiger partial charge in [-0.25, -0.2) is 4.98 Å². The molecule has 1 saturated carbocycles. The van der Waals surface area contributed by atoms with Gasteiger partial charge in [-0.3, -0.25) is 9.56 Å². The normalized spacial score (nSPS) is 15.4. The minimum atomic E-state index is 0.559. The number of aromatic nitrogens is 2. The lowest BCUT2D eigenvalue weighted by atomic mass is 9.97. The van der Waals surface area contributed by atoms with Crippen LogP contribution in [0.2, 0.25) is 0 Å². The van der Waals surface area contributed by atoms with Crippen LogP contribution in [0, 0.1) is 3.57 Å². The van der Waals surface area contributed by atoms with Crippen molar-refractivity contribution in [3.8, 4) is 17.1 Å².